The minimum absolute atomic E-state index is 0.0595. The molecule has 0 bridgehead atoms. The predicted octanol–water partition coefficient (Wildman–Crippen LogP) is 5.79. The number of rotatable bonds is 20. The predicted molar refractivity (Wildman–Crippen MR) is 159 cm³/mol. The summed E-state index contributed by atoms with van der Waals surface area (Å²) in [5.74, 6) is 0. The van der Waals surface area contributed by atoms with Crippen LogP contribution < -0.4 is 0 Å². The summed E-state index contributed by atoms with van der Waals surface area (Å²) in [5, 5.41) is 10.5. The lowest BCUT2D eigenvalue weighted by molar-refractivity contribution is -0.106. The van der Waals surface area contributed by atoms with Crippen molar-refractivity contribution in [3.05, 3.63) is 0 Å². The van der Waals surface area contributed by atoms with Crippen LogP contribution in [0.15, 0.2) is 4.99 Å². The van der Waals surface area contributed by atoms with Crippen molar-refractivity contribution in [1.82, 2.24) is 9.80 Å². The summed E-state index contributed by atoms with van der Waals surface area (Å²) in [6, 6.07) is 0.0488. The Balaban J connectivity index is 3.25. The van der Waals surface area contributed by atoms with Crippen LogP contribution in [0.3, 0.4) is 0 Å². The second-order valence-corrected chi connectivity index (χ2v) is 15.6. The van der Waals surface area contributed by atoms with Gasteiger partial charge < -0.3 is 28.0 Å². The number of ether oxygens (including phenoxy) is 1. The lowest BCUT2D eigenvalue weighted by Crippen LogP contribution is -2.57. The minimum atomic E-state index is -2.73. The number of amides is 1. The van der Waals surface area contributed by atoms with Crippen molar-refractivity contribution >= 4 is 21.0 Å². The molecule has 4 atom stereocenters. The highest BCUT2D eigenvalue weighted by Crippen LogP contribution is 2.47. The van der Waals surface area contributed by atoms with E-state index in [1.54, 1.807) is 32.3 Å². The van der Waals surface area contributed by atoms with Gasteiger partial charge in [0, 0.05) is 53.6 Å². The Kier molecular flexibility index (Phi) is 16.1. The summed E-state index contributed by atoms with van der Waals surface area (Å²) in [4.78, 5) is 31.8. The molecule has 0 aromatic heterocycles. The smallest absolute Gasteiger partial charge is 0.465 e. The Morgan fingerprint density at radius 2 is 1.62 bits per heavy atom. The molecule has 11 heteroatoms. The maximum Gasteiger partial charge on any atom is 0.500 e. The van der Waals surface area contributed by atoms with Gasteiger partial charge in [0.15, 0.2) is 0 Å². The second kappa shape index (κ2) is 17.6. The average molecular weight is 588 g/mol. The normalized spacial score (nSPS) is 22.5. The standard InChI is InChI=1S/C29H57N3O7Si/c1-10-12-15-31(16-13-11-2)26(39-17-14-18-40(36-7,37-8)38-9)24(3)32(27(34)35)22-29(6)20-25(30-23-33)19-28(4,5)21-29/h24-26H,10-22H2,1-9H3,(H,34,35). The number of hydrogen-bond acceptors (Lipinski definition) is 8. The third kappa shape index (κ3) is 11.5. The van der Waals surface area contributed by atoms with E-state index in [1.807, 2.05) is 6.92 Å². The SMILES string of the molecule is CCCCN(CCCC)C(OCCC[Si](OC)(OC)OC)C(C)N(CC1(C)CC(N=C=O)CC(C)(C)C1)C(=O)O. The van der Waals surface area contributed by atoms with E-state index in [2.05, 4.69) is 44.5 Å². The first-order valence-electron chi connectivity index (χ1n) is 14.9. The molecule has 0 aliphatic heterocycles. The van der Waals surface area contributed by atoms with E-state index in [-0.39, 0.29) is 16.9 Å². The molecule has 0 aromatic carbocycles. The van der Waals surface area contributed by atoms with Crippen molar-refractivity contribution in [1.29, 1.82) is 0 Å². The number of hydrogen-bond donors (Lipinski definition) is 1. The summed E-state index contributed by atoms with van der Waals surface area (Å²) in [5.41, 5.74) is -0.391. The first-order chi connectivity index (χ1) is 18.8. The zero-order chi connectivity index (χ0) is 30.4. The Hall–Kier alpha value is -1.33. The molecule has 1 aliphatic carbocycles. The van der Waals surface area contributed by atoms with Gasteiger partial charge in [0.1, 0.15) is 6.23 Å². The van der Waals surface area contributed by atoms with Crippen molar-refractivity contribution in [2.75, 3.05) is 47.6 Å². The molecule has 0 heterocycles. The van der Waals surface area contributed by atoms with E-state index in [1.165, 1.54) is 0 Å². The van der Waals surface area contributed by atoms with E-state index in [9.17, 15) is 14.7 Å². The molecule has 10 nitrogen and oxygen atoms in total. The van der Waals surface area contributed by atoms with Crippen molar-refractivity contribution in [3.8, 4) is 0 Å². The van der Waals surface area contributed by atoms with Crippen LogP contribution >= 0.6 is 0 Å². The zero-order valence-electron chi connectivity index (χ0n) is 26.7. The van der Waals surface area contributed by atoms with Gasteiger partial charge in [-0.25, -0.2) is 14.6 Å². The zero-order valence-corrected chi connectivity index (χ0v) is 27.7. The molecule has 0 spiro atoms. The van der Waals surface area contributed by atoms with Crippen LogP contribution in [0.1, 0.15) is 92.9 Å². The first-order valence-corrected chi connectivity index (χ1v) is 16.9. The number of unbranched alkanes of at least 4 members (excludes halogenated alkanes) is 2. The highest BCUT2D eigenvalue weighted by Gasteiger charge is 2.45. The Labute approximate surface area is 244 Å². The summed E-state index contributed by atoms with van der Waals surface area (Å²) in [6.07, 6.45) is 7.44. The van der Waals surface area contributed by atoms with Gasteiger partial charge in [-0.05, 0) is 56.3 Å². The van der Waals surface area contributed by atoms with Crippen LogP contribution in [0.2, 0.25) is 6.04 Å². The largest absolute Gasteiger partial charge is 0.500 e. The monoisotopic (exact) mass is 587 g/mol. The number of nitrogens with zero attached hydrogens (tertiary/aromatic N) is 3. The molecule has 234 valence electrons. The maximum absolute atomic E-state index is 12.8. The molecule has 1 rings (SSSR count). The average Bonchev–Trinajstić information content (AvgIpc) is 2.89. The lowest BCUT2D eigenvalue weighted by atomic mass is 9.62. The van der Waals surface area contributed by atoms with E-state index in [0.717, 1.165) is 51.6 Å². The van der Waals surface area contributed by atoms with Crippen molar-refractivity contribution < 1.29 is 32.7 Å². The third-order valence-corrected chi connectivity index (χ3v) is 11.0. The number of aliphatic imine (C=N–C) groups is 1. The Morgan fingerprint density at radius 1 is 1.05 bits per heavy atom. The van der Waals surface area contributed by atoms with Gasteiger partial charge >= 0.3 is 14.9 Å². The summed E-state index contributed by atoms with van der Waals surface area (Å²) >= 11 is 0. The van der Waals surface area contributed by atoms with E-state index >= 15 is 0 Å². The summed E-state index contributed by atoms with van der Waals surface area (Å²) < 4.78 is 23.2. The minimum Gasteiger partial charge on any atom is -0.465 e. The maximum atomic E-state index is 12.8. The lowest BCUT2D eigenvalue weighted by Gasteiger charge is -2.48. The van der Waals surface area contributed by atoms with Crippen molar-refractivity contribution in [2.45, 2.75) is 117 Å². The van der Waals surface area contributed by atoms with E-state index in [0.29, 0.717) is 32.0 Å². The molecular formula is C29H57N3O7Si. The second-order valence-electron chi connectivity index (χ2n) is 12.5. The fraction of sp³-hybridized carbons (Fsp3) is 0.931. The van der Waals surface area contributed by atoms with Crippen LogP contribution in [0.4, 0.5) is 4.79 Å². The van der Waals surface area contributed by atoms with Gasteiger partial charge in [0.2, 0.25) is 6.08 Å². The molecule has 1 N–H and O–H groups in total. The van der Waals surface area contributed by atoms with Gasteiger partial charge in [0.05, 0.1) is 12.1 Å². The number of carbonyl (C=O) groups is 1. The Morgan fingerprint density at radius 3 is 2.10 bits per heavy atom. The van der Waals surface area contributed by atoms with Crippen LogP contribution in [0.5, 0.6) is 0 Å². The third-order valence-electron chi connectivity index (χ3n) is 8.17. The molecule has 0 radical (unpaired) electrons. The molecule has 1 fully saturated rings. The topological polar surface area (TPSA) is 110 Å². The highest BCUT2D eigenvalue weighted by molar-refractivity contribution is 6.60. The van der Waals surface area contributed by atoms with Gasteiger partial charge in [-0.2, -0.15) is 0 Å². The Bertz CT molecular complexity index is 775. The van der Waals surface area contributed by atoms with Gasteiger partial charge in [0.25, 0.3) is 0 Å². The molecule has 1 saturated carbocycles. The fourth-order valence-electron chi connectivity index (χ4n) is 6.50. The number of carbonyl (C=O) groups excluding carboxylic acids is 1. The van der Waals surface area contributed by atoms with Crippen LogP contribution in [-0.4, -0.2) is 102 Å². The van der Waals surface area contributed by atoms with E-state index in [4.69, 9.17) is 18.0 Å². The van der Waals surface area contributed by atoms with Gasteiger partial charge in [-0.1, -0.05) is 47.5 Å². The van der Waals surface area contributed by atoms with Gasteiger partial charge in [-0.15, -0.1) is 0 Å². The fourth-order valence-corrected chi connectivity index (χ4v) is 8.19. The molecule has 0 aromatic rings. The van der Waals surface area contributed by atoms with Crippen LogP contribution in [0, 0.1) is 10.8 Å². The number of carboxylic acid groups (broad SMARTS) is 1. The summed E-state index contributed by atoms with van der Waals surface area (Å²) in [7, 11) is 2.08. The number of isocyanates is 1. The quantitative estimate of drug-likeness (QED) is 0.0627. The highest BCUT2D eigenvalue weighted by atomic mass is 28.4. The van der Waals surface area contributed by atoms with Crippen molar-refractivity contribution in [3.63, 3.8) is 0 Å². The van der Waals surface area contributed by atoms with Crippen LogP contribution in [-0.2, 0) is 22.8 Å². The molecule has 4 unspecified atom stereocenters. The first kappa shape index (κ1) is 36.7. The van der Waals surface area contributed by atoms with Crippen LogP contribution in [0.25, 0.3) is 0 Å². The summed E-state index contributed by atoms with van der Waals surface area (Å²) in [6.45, 7) is 15.2. The molecular weight excluding hydrogens is 530 g/mol. The molecule has 0 saturated heterocycles. The van der Waals surface area contributed by atoms with Crippen molar-refractivity contribution in [2.24, 2.45) is 15.8 Å². The molecule has 1 aliphatic rings. The van der Waals surface area contributed by atoms with Gasteiger partial charge in [-0.3, -0.25) is 4.90 Å². The van der Waals surface area contributed by atoms with E-state index < -0.39 is 27.2 Å². The molecule has 40 heavy (non-hydrogen) atoms. The molecule has 1 amide bonds.